The Morgan fingerprint density at radius 2 is 0.579 bits per heavy atom. The zero-order valence-corrected chi connectivity index (χ0v) is 63.5. The Labute approximate surface area is 581 Å². The van der Waals surface area contributed by atoms with Crippen molar-refractivity contribution in [2.75, 3.05) is 39.6 Å². The van der Waals surface area contributed by atoms with Gasteiger partial charge in [0.15, 0.2) is 0 Å². The number of esters is 2. The smallest absolute Gasteiger partial charge is 0.463 e. The molecule has 0 heterocycles. The van der Waals surface area contributed by atoms with Gasteiger partial charge in [-0.05, 0) is 32.6 Å². The quantitative estimate of drug-likeness (QED) is 0.0145. The minimum Gasteiger partial charge on any atom is -0.463 e. The van der Waals surface area contributed by atoms with E-state index < -0.39 is 72.2 Å². The van der Waals surface area contributed by atoms with E-state index in [1.54, 1.807) is 0 Å². The van der Waals surface area contributed by atoms with Crippen LogP contribution in [-0.4, -0.2) is 97.8 Å². The summed E-state index contributed by atoms with van der Waals surface area (Å²) in [5, 5.41) is 20.1. The van der Waals surface area contributed by atoms with Crippen LogP contribution in [0.25, 0.3) is 0 Å². The van der Waals surface area contributed by atoms with Crippen LogP contribution in [0.1, 0.15) is 394 Å². The van der Waals surface area contributed by atoms with E-state index in [2.05, 4.69) is 43.5 Å². The van der Waals surface area contributed by atoms with E-state index in [4.69, 9.17) is 32.2 Å². The molecule has 95 heavy (non-hydrogen) atoms. The molecule has 0 aliphatic rings. The molecule has 0 fully saturated rings. The van der Waals surface area contributed by atoms with E-state index in [1.165, 1.54) is 244 Å². The molecular formula is C75H147N3O15P2. The molecule has 0 aromatic carbocycles. The minimum absolute atomic E-state index is 0.208. The summed E-state index contributed by atoms with van der Waals surface area (Å²) in [5.41, 5.74) is 0. The number of ether oxygens (including phenoxy) is 2. The lowest BCUT2D eigenvalue weighted by molar-refractivity contribution is -0.146. The number of aliphatic hydroxyl groups is 1. The highest BCUT2D eigenvalue weighted by atomic mass is 31.2. The monoisotopic (exact) mass is 1390 g/mol. The fraction of sp³-hybridized carbons (Fsp3) is 0.933. The summed E-state index contributed by atoms with van der Waals surface area (Å²) in [4.78, 5) is 63.0. The predicted octanol–water partition coefficient (Wildman–Crippen LogP) is 21.6. The first-order chi connectivity index (χ1) is 46.2. The second kappa shape index (κ2) is 70.0. The zero-order valence-electron chi connectivity index (χ0n) is 61.7. The van der Waals surface area contributed by atoms with E-state index >= 15 is 0 Å². The van der Waals surface area contributed by atoms with Crippen LogP contribution in [0.2, 0.25) is 0 Å². The number of phosphoric ester groups is 2. The van der Waals surface area contributed by atoms with Crippen molar-refractivity contribution in [2.24, 2.45) is 5.16 Å². The van der Waals surface area contributed by atoms with Gasteiger partial charge in [0.05, 0.1) is 38.5 Å². The Hall–Kier alpha value is -2.43. The number of carbonyl (C=O) groups is 4. The first-order valence-corrected chi connectivity index (χ1v) is 42.4. The first kappa shape index (κ1) is 92.6. The molecule has 0 aromatic heterocycles. The number of hydrogen-bond donors (Lipinski definition) is 4. The van der Waals surface area contributed by atoms with Crippen LogP contribution < -0.4 is 10.6 Å². The molecule has 0 saturated carbocycles. The lowest BCUT2D eigenvalue weighted by atomic mass is 10.0. The number of rotatable bonds is 76. The average molecular weight is 1390 g/mol. The summed E-state index contributed by atoms with van der Waals surface area (Å²) in [6.07, 6.45) is 61.4. The minimum atomic E-state index is -4.91. The maximum absolute atomic E-state index is 13.9. The number of nitrogens with one attached hydrogen (secondary N) is 2. The van der Waals surface area contributed by atoms with Gasteiger partial charge in [0.25, 0.3) is 0 Å². The van der Waals surface area contributed by atoms with Crippen LogP contribution in [0.3, 0.4) is 0 Å². The van der Waals surface area contributed by atoms with E-state index in [1.807, 2.05) is 0 Å². The Bertz CT molecular complexity index is 1870. The number of phosphoric acid groups is 2. The average Bonchev–Trinajstić information content (AvgIpc) is 1.20. The molecule has 0 spiro atoms. The van der Waals surface area contributed by atoms with Crippen LogP contribution in [0, 0.1) is 0 Å². The van der Waals surface area contributed by atoms with Crippen molar-refractivity contribution < 1.29 is 70.5 Å². The van der Waals surface area contributed by atoms with Gasteiger partial charge in [-0.25, -0.2) is 9.13 Å². The lowest BCUT2D eigenvalue weighted by Crippen LogP contribution is -2.42. The number of hydrogen-bond acceptors (Lipinski definition) is 15. The molecule has 0 saturated heterocycles. The molecule has 20 heteroatoms. The summed E-state index contributed by atoms with van der Waals surface area (Å²) in [7, 11) is -9.56. The molecule has 5 unspecified atom stereocenters. The molecule has 0 radical (unpaired) electrons. The van der Waals surface area contributed by atoms with Crippen LogP contribution >= 0.6 is 15.6 Å². The van der Waals surface area contributed by atoms with E-state index in [-0.39, 0.29) is 50.7 Å². The summed E-state index contributed by atoms with van der Waals surface area (Å²) < 4.78 is 64.9. The van der Waals surface area contributed by atoms with Crippen LogP contribution in [0.4, 0.5) is 0 Å². The predicted molar refractivity (Wildman–Crippen MR) is 390 cm³/mol. The maximum atomic E-state index is 13.9. The van der Waals surface area contributed by atoms with Gasteiger partial charge in [-0.1, -0.05) is 341 Å². The third kappa shape index (κ3) is 67.2. The molecule has 4 N–H and O–H groups in total. The molecule has 562 valence electrons. The Morgan fingerprint density at radius 3 is 0.863 bits per heavy atom. The van der Waals surface area contributed by atoms with E-state index in [0.29, 0.717) is 25.7 Å². The molecule has 0 aliphatic carbocycles. The van der Waals surface area contributed by atoms with E-state index in [0.717, 1.165) is 77.0 Å². The van der Waals surface area contributed by atoms with Gasteiger partial charge in [-0.15, -0.1) is 0 Å². The Balaban J connectivity index is 5.50. The van der Waals surface area contributed by atoms with Crippen molar-refractivity contribution in [2.45, 2.75) is 412 Å². The fourth-order valence-corrected chi connectivity index (χ4v) is 13.5. The number of oxime groups is 1. The Kier molecular flexibility index (Phi) is 68.2. The second-order valence-electron chi connectivity index (χ2n) is 27.1. The van der Waals surface area contributed by atoms with Crippen LogP contribution in [-0.2, 0) is 60.5 Å². The van der Waals surface area contributed by atoms with Crippen LogP contribution in [0.5, 0.6) is 0 Å². The molecular weight excluding hydrogens is 1240 g/mol. The molecule has 0 aromatic rings. The third-order valence-corrected chi connectivity index (χ3v) is 19.8. The number of amides is 2. The number of nitrogens with zero attached hydrogens (tertiary/aromatic N) is 1. The molecule has 0 rings (SSSR count). The molecule has 0 aliphatic heterocycles. The van der Waals surface area contributed by atoms with Gasteiger partial charge in [0.2, 0.25) is 11.8 Å². The number of aliphatic hydroxyl groups excluding tert-OH is 1. The maximum Gasteiger partial charge on any atom is 0.550 e. The van der Waals surface area contributed by atoms with Gasteiger partial charge in [-0.3, -0.25) is 41.9 Å². The lowest BCUT2D eigenvalue weighted by Gasteiger charge is -2.23. The van der Waals surface area contributed by atoms with Gasteiger partial charge < -0.3 is 30.1 Å². The first-order valence-electron chi connectivity index (χ1n) is 39.5. The molecule has 18 nitrogen and oxygen atoms in total. The Morgan fingerprint density at radius 1 is 0.347 bits per heavy atom. The largest absolute Gasteiger partial charge is 0.550 e. The van der Waals surface area contributed by atoms with Crippen LogP contribution in [0.15, 0.2) is 5.16 Å². The van der Waals surface area contributed by atoms with Crippen molar-refractivity contribution >= 4 is 45.6 Å². The highest BCUT2D eigenvalue weighted by molar-refractivity contribution is 7.48. The zero-order chi connectivity index (χ0) is 69.7. The molecule has 5 atom stereocenters. The standard InChI is InChI=1S/C75H147N3O15P2/c1-6-11-15-19-23-27-31-35-39-43-47-51-55-59-72(80)77-69(63-87-74(82)61-57-53-49-45-41-37-33-29-25-21-17-13-8-3)65-89-94(84,85)90-67-71(79)68-92-95(86,93-76-10-5)91-66-70(78-73(81)60-56-52-48-44-40-36-32-28-24-20-16-12-7-2)64-88-75(83)62-58-54-50-46-42-38-34-30-26-22-18-14-9-4/h10,69-71,79H,6-9,11-68H2,1-5H3,(H,77,80)(H,78,81)(H,84,85). The van der Waals surface area contributed by atoms with Crippen molar-refractivity contribution in [3.63, 3.8) is 0 Å². The fourth-order valence-electron chi connectivity index (χ4n) is 11.6. The summed E-state index contributed by atoms with van der Waals surface area (Å²) in [6, 6.07) is -1.92. The summed E-state index contributed by atoms with van der Waals surface area (Å²) >= 11 is 0. The number of carbonyl (C=O) groups excluding carboxylic acids is 4. The van der Waals surface area contributed by atoms with E-state index in [9.17, 15) is 38.3 Å². The van der Waals surface area contributed by atoms with Crippen molar-refractivity contribution in [1.29, 1.82) is 0 Å². The number of unbranched alkanes of at least 4 members (excludes halogenated alkanes) is 48. The van der Waals surface area contributed by atoms with Crippen molar-refractivity contribution in [3.05, 3.63) is 0 Å². The molecule has 2 amide bonds. The second-order valence-corrected chi connectivity index (χ2v) is 30.1. The topological polar surface area (TPSA) is 244 Å². The third-order valence-electron chi connectivity index (χ3n) is 17.6. The summed E-state index contributed by atoms with van der Waals surface area (Å²) in [5.74, 6) is -1.47. The normalized spacial score (nSPS) is 13.9. The molecule has 0 bridgehead atoms. The summed E-state index contributed by atoms with van der Waals surface area (Å²) in [6.45, 7) is 7.25. The SMILES string of the molecule is CC=NOP(=O)(OCC(O)COP(=O)(O)OCC(COC(=O)CCCCCCCCCCCCCCC)NC(=O)CCCCCCCCCCCCCCC)OCC(COC(=O)CCCCCCCCCCCCCCC)NC(=O)CCCCCCCCCCCCCCC. The van der Waals surface area contributed by atoms with Crippen molar-refractivity contribution in [3.8, 4) is 0 Å². The van der Waals surface area contributed by atoms with Gasteiger partial charge in [0.1, 0.15) is 19.3 Å². The highest BCUT2D eigenvalue weighted by Gasteiger charge is 2.33. The van der Waals surface area contributed by atoms with Crippen molar-refractivity contribution in [1.82, 2.24) is 10.6 Å². The highest BCUT2D eigenvalue weighted by Crippen LogP contribution is 2.50. The van der Waals surface area contributed by atoms with Gasteiger partial charge in [-0.2, -0.15) is 0 Å². The van der Waals surface area contributed by atoms with Gasteiger partial charge >= 0.3 is 27.6 Å². The van der Waals surface area contributed by atoms with Gasteiger partial charge in [0, 0.05) is 31.9 Å².